The van der Waals surface area contributed by atoms with Gasteiger partial charge in [0.05, 0.1) is 6.26 Å². The van der Waals surface area contributed by atoms with Gasteiger partial charge in [0.1, 0.15) is 6.61 Å². The number of aryl methyl sites for hydroxylation is 1. The molecule has 0 N–H and O–H groups in total. The first-order valence-electron chi connectivity index (χ1n) is 11.6. The molecule has 33 heavy (non-hydrogen) atoms. The highest BCUT2D eigenvalue weighted by atomic mass is 32.2. The summed E-state index contributed by atoms with van der Waals surface area (Å²) in [4.78, 5) is 0. The van der Waals surface area contributed by atoms with E-state index in [9.17, 15) is 8.42 Å². The van der Waals surface area contributed by atoms with Gasteiger partial charge in [0.15, 0.2) is 11.5 Å². The predicted molar refractivity (Wildman–Crippen MR) is 136 cm³/mol. The molecule has 0 bridgehead atoms. The molecular weight excluding hydrogens is 432 g/mol. The lowest BCUT2D eigenvalue weighted by molar-refractivity contribution is 0.286. The van der Waals surface area contributed by atoms with E-state index in [0.717, 1.165) is 35.8 Å². The fraction of sp³-hybridized carbons (Fsp3) is 0.429. The van der Waals surface area contributed by atoms with Crippen LogP contribution < -0.4 is 8.92 Å². The molecule has 2 aromatic carbocycles. The van der Waals surface area contributed by atoms with Crippen LogP contribution in [0.5, 0.6) is 11.5 Å². The van der Waals surface area contributed by atoms with Gasteiger partial charge in [-0.15, -0.1) is 0 Å². The Balaban J connectivity index is 2.09. The van der Waals surface area contributed by atoms with E-state index in [2.05, 4.69) is 52.0 Å². The van der Waals surface area contributed by atoms with Gasteiger partial charge in [0.2, 0.25) is 0 Å². The molecule has 3 atom stereocenters. The van der Waals surface area contributed by atoms with E-state index in [0.29, 0.717) is 29.9 Å². The van der Waals surface area contributed by atoms with E-state index < -0.39 is 10.1 Å². The molecule has 1 aliphatic rings. The van der Waals surface area contributed by atoms with Crippen molar-refractivity contribution >= 4 is 10.1 Å². The SMILES string of the molecule is CC(C)=C/C=C/[C@H](C)[C@H]1CC[C@H](C)c2c1cc(C)c(OS(C)(=O)=O)c2OCc1ccccc1. The zero-order valence-electron chi connectivity index (χ0n) is 20.6. The molecular formula is C28H36O4S. The third-order valence-electron chi connectivity index (χ3n) is 6.23. The summed E-state index contributed by atoms with van der Waals surface area (Å²) in [5.74, 6) is 1.81. The minimum absolute atomic E-state index is 0.249. The summed E-state index contributed by atoms with van der Waals surface area (Å²) in [6.07, 6.45) is 9.71. The van der Waals surface area contributed by atoms with Crippen LogP contribution >= 0.6 is 0 Å². The van der Waals surface area contributed by atoms with E-state index in [1.54, 1.807) is 0 Å². The Bertz CT molecular complexity index is 1130. The maximum Gasteiger partial charge on any atom is 0.306 e. The number of fused-ring (bicyclic) bond motifs is 1. The maximum atomic E-state index is 12.1. The average Bonchev–Trinajstić information content (AvgIpc) is 2.73. The van der Waals surface area contributed by atoms with Gasteiger partial charge in [-0.2, -0.15) is 8.42 Å². The van der Waals surface area contributed by atoms with Crippen molar-refractivity contribution < 1.29 is 17.3 Å². The first-order chi connectivity index (χ1) is 15.6. The van der Waals surface area contributed by atoms with Crippen molar-refractivity contribution in [1.29, 1.82) is 0 Å². The number of ether oxygens (including phenoxy) is 1. The Hall–Kier alpha value is -2.53. The lowest BCUT2D eigenvalue weighted by Gasteiger charge is -2.35. The fourth-order valence-corrected chi connectivity index (χ4v) is 5.09. The van der Waals surface area contributed by atoms with Crippen molar-refractivity contribution in [2.45, 2.75) is 65.9 Å². The lowest BCUT2D eigenvalue weighted by Crippen LogP contribution is -2.20. The second-order valence-corrected chi connectivity index (χ2v) is 11.1. The molecule has 1 aliphatic carbocycles. The maximum absolute atomic E-state index is 12.1. The van der Waals surface area contributed by atoms with Gasteiger partial charge < -0.3 is 8.92 Å². The molecule has 0 spiro atoms. The minimum atomic E-state index is -3.70. The number of hydrogen-bond acceptors (Lipinski definition) is 4. The van der Waals surface area contributed by atoms with Crippen molar-refractivity contribution in [3.05, 3.63) is 82.5 Å². The van der Waals surface area contributed by atoms with E-state index in [1.807, 2.05) is 37.3 Å². The van der Waals surface area contributed by atoms with Gasteiger partial charge in [-0.3, -0.25) is 0 Å². The molecule has 3 rings (SSSR count). The lowest BCUT2D eigenvalue weighted by atomic mass is 9.71. The Morgan fingerprint density at radius 2 is 1.85 bits per heavy atom. The summed E-state index contributed by atoms with van der Waals surface area (Å²) in [5, 5.41) is 0. The smallest absolute Gasteiger partial charge is 0.306 e. The number of allylic oxidation sites excluding steroid dienone is 4. The molecule has 4 nitrogen and oxygen atoms in total. The van der Waals surface area contributed by atoms with Gasteiger partial charge in [0.25, 0.3) is 0 Å². The Labute approximate surface area is 199 Å². The molecule has 178 valence electrons. The van der Waals surface area contributed by atoms with Crippen LogP contribution in [0.2, 0.25) is 0 Å². The molecule has 0 saturated heterocycles. The summed E-state index contributed by atoms with van der Waals surface area (Å²) in [5.41, 5.74) is 5.39. The van der Waals surface area contributed by atoms with Gasteiger partial charge in [-0.05, 0) is 68.1 Å². The van der Waals surface area contributed by atoms with E-state index >= 15 is 0 Å². The monoisotopic (exact) mass is 468 g/mol. The summed E-state index contributed by atoms with van der Waals surface area (Å²) >= 11 is 0. The Morgan fingerprint density at radius 1 is 1.15 bits per heavy atom. The number of hydrogen-bond donors (Lipinski definition) is 0. The third kappa shape index (κ3) is 6.50. The summed E-state index contributed by atoms with van der Waals surface area (Å²) in [6, 6.07) is 12.0. The van der Waals surface area contributed by atoms with Crippen LogP contribution in [-0.4, -0.2) is 14.7 Å². The Morgan fingerprint density at radius 3 is 2.48 bits per heavy atom. The zero-order valence-corrected chi connectivity index (χ0v) is 21.4. The Kier molecular flexibility index (Phi) is 8.06. The first-order valence-corrected chi connectivity index (χ1v) is 13.4. The molecule has 0 unspecified atom stereocenters. The molecule has 0 heterocycles. The van der Waals surface area contributed by atoms with E-state index in [1.165, 1.54) is 11.1 Å². The van der Waals surface area contributed by atoms with Crippen LogP contribution in [0.4, 0.5) is 0 Å². The van der Waals surface area contributed by atoms with Crippen molar-refractivity contribution in [3.8, 4) is 11.5 Å². The molecule has 0 amide bonds. The molecule has 0 fully saturated rings. The molecule has 5 heteroatoms. The predicted octanol–water partition coefficient (Wildman–Crippen LogP) is 7.05. The van der Waals surface area contributed by atoms with Crippen LogP contribution in [0.3, 0.4) is 0 Å². The molecule has 0 radical (unpaired) electrons. The van der Waals surface area contributed by atoms with Crippen molar-refractivity contribution in [3.63, 3.8) is 0 Å². The second kappa shape index (κ2) is 10.6. The van der Waals surface area contributed by atoms with Crippen LogP contribution in [-0.2, 0) is 16.7 Å². The van der Waals surface area contributed by atoms with Crippen molar-refractivity contribution in [2.24, 2.45) is 5.92 Å². The molecule has 0 aromatic heterocycles. The summed E-state index contributed by atoms with van der Waals surface area (Å²) < 4.78 is 36.0. The zero-order chi connectivity index (χ0) is 24.2. The topological polar surface area (TPSA) is 52.6 Å². The van der Waals surface area contributed by atoms with E-state index in [-0.39, 0.29) is 5.92 Å². The normalized spacial score (nSPS) is 19.1. The first kappa shape index (κ1) is 25.1. The average molecular weight is 469 g/mol. The minimum Gasteiger partial charge on any atom is -0.485 e. The van der Waals surface area contributed by atoms with Gasteiger partial charge >= 0.3 is 10.1 Å². The van der Waals surface area contributed by atoms with Crippen LogP contribution in [0.1, 0.15) is 74.6 Å². The second-order valence-electron chi connectivity index (χ2n) is 9.49. The largest absolute Gasteiger partial charge is 0.485 e. The number of rotatable bonds is 8. The van der Waals surface area contributed by atoms with Crippen LogP contribution in [0.15, 0.2) is 60.2 Å². The third-order valence-corrected chi connectivity index (χ3v) is 6.70. The van der Waals surface area contributed by atoms with Crippen molar-refractivity contribution in [2.75, 3.05) is 6.26 Å². The van der Waals surface area contributed by atoms with Crippen LogP contribution in [0.25, 0.3) is 0 Å². The highest BCUT2D eigenvalue weighted by molar-refractivity contribution is 7.86. The standard InChI is InChI=1S/C28H36O4S/c1-19(2)11-10-12-20(3)24-16-15-21(4)26-25(24)17-22(5)27(32-33(6,29)30)28(26)31-18-23-13-8-7-9-14-23/h7-14,17,20-21,24H,15-16,18H2,1-6H3/b12-10+/t20-,21-,24+/m0/s1. The highest BCUT2D eigenvalue weighted by Crippen LogP contribution is 2.51. The molecule has 0 aliphatic heterocycles. The molecule has 2 aromatic rings. The molecule has 0 saturated carbocycles. The summed E-state index contributed by atoms with van der Waals surface area (Å²) in [7, 11) is -3.70. The quantitative estimate of drug-likeness (QED) is 0.308. The van der Waals surface area contributed by atoms with Gasteiger partial charge in [-0.1, -0.05) is 74.0 Å². The van der Waals surface area contributed by atoms with Crippen molar-refractivity contribution in [1.82, 2.24) is 0 Å². The van der Waals surface area contributed by atoms with Crippen LogP contribution in [0, 0.1) is 12.8 Å². The van der Waals surface area contributed by atoms with Gasteiger partial charge in [0, 0.05) is 5.56 Å². The number of benzene rings is 2. The van der Waals surface area contributed by atoms with E-state index in [4.69, 9.17) is 8.92 Å². The van der Waals surface area contributed by atoms with Gasteiger partial charge in [-0.25, -0.2) is 0 Å². The fourth-order valence-electron chi connectivity index (χ4n) is 4.59. The summed E-state index contributed by atoms with van der Waals surface area (Å²) in [6.45, 7) is 10.9. The highest BCUT2D eigenvalue weighted by Gasteiger charge is 2.33.